The van der Waals surface area contributed by atoms with Crippen molar-refractivity contribution in [3.63, 3.8) is 0 Å². The second-order valence-corrected chi connectivity index (χ2v) is 4.45. The summed E-state index contributed by atoms with van der Waals surface area (Å²) in [4.78, 5) is 14.4. The molecule has 0 aliphatic carbocycles. The van der Waals surface area contributed by atoms with Crippen LogP contribution in [0.15, 0.2) is 47.2 Å². The van der Waals surface area contributed by atoms with Crippen LogP contribution in [0.1, 0.15) is 5.56 Å². The molecule has 0 saturated carbocycles. The Morgan fingerprint density at radius 2 is 2.11 bits per heavy atom. The molecule has 1 aromatic carbocycles. The zero-order valence-corrected chi connectivity index (χ0v) is 10.9. The van der Waals surface area contributed by atoms with Gasteiger partial charge in [0, 0.05) is 30.6 Å². The van der Waals surface area contributed by atoms with E-state index in [2.05, 4.69) is 26.2 Å². The van der Waals surface area contributed by atoms with E-state index in [0.717, 1.165) is 10.2 Å². The topological polar surface area (TPSA) is 68.1 Å². The van der Waals surface area contributed by atoms with Crippen LogP contribution in [0.5, 0.6) is 0 Å². The molecule has 92 valence electrons. The van der Waals surface area contributed by atoms with E-state index in [1.54, 1.807) is 36.7 Å². The molecule has 1 N–H and O–H groups in total. The molecule has 1 aromatic heterocycles. The Bertz CT molecular complexity index is 575. The minimum absolute atomic E-state index is 0.121. The fourth-order valence-corrected chi connectivity index (χ4v) is 1.94. The molecule has 0 radical (unpaired) electrons. The summed E-state index contributed by atoms with van der Waals surface area (Å²) in [6.45, 7) is 0.389. The molecular formula is C12H10BrN3O2. The number of halogens is 1. The van der Waals surface area contributed by atoms with E-state index in [1.165, 1.54) is 6.07 Å². The van der Waals surface area contributed by atoms with Gasteiger partial charge in [0.15, 0.2) is 0 Å². The number of nitro benzene ring substituents is 1. The molecule has 0 aliphatic heterocycles. The van der Waals surface area contributed by atoms with Crippen molar-refractivity contribution in [1.82, 2.24) is 4.98 Å². The average molecular weight is 308 g/mol. The minimum atomic E-state index is -0.376. The van der Waals surface area contributed by atoms with Crippen LogP contribution in [0.2, 0.25) is 0 Å². The Balaban J connectivity index is 2.16. The molecule has 0 unspecified atom stereocenters. The summed E-state index contributed by atoms with van der Waals surface area (Å²) >= 11 is 3.36. The Hall–Kier alpha value is -1.95. The minimum Gasteiger partial charge on any atom is -0.380 e. The van der Waals surface area contributed by atoms with Gasteiger partial charge >= 0.3 is 0 Å². The number of aromatic nitrogens is 1. The molecule has 0 spiro atoms. The Morgan fingerprint density at radius 1 is 1.33 bits per heavy atom. The predicted molar refractivity (Wildman–Crippen MR) is 72.4 cm³/mol. The van der Waals surface area contributed by atoms with Crippen LogP contribution in [0, 0.1) is 10.1 Å². The predicted octanol–water partition coefficient (Wildman–Crippen LogP) is 3.36. The normalized spacial score (nSPS) is 10.1. The number of nitrogens with one attached hydrogen (secondary N) is 1. The SMILES string of the molecule is O=[N+]([O-])c1ccccc1CNc1ccncc1Br. The Morgan fingerprint density at radius 3 is 2.83 bits per heavy atom. The van der Waals surface area contributed by atoms with E-state index < -0.39 is 0 Å². The van der Waals surface area contributed by atoms with Crippen LogP contribution < -0.4 is 5.32 Å². The van der Waals surface area contributed by atoms with Gasteiger partial charge in [-0.3, -0.25) is 15.1 Å². The monoisotopic (exact) mass is 307 g/mol. The number of nitrogens with zero attached hydrogens (tertiary/aromatic N) is 2. The van der Waals surface area contributed by atoms with Crippen LogP contribution in [0.25, 0.3) is 0 Å². The fourth-order valence-electron chi connectivity index (χ4n) is 1.55. The lowest BCUT2D eigenvalue weighted by atomic mass is 10.2. The lowest BCUT2D eigenvalue weighted by Gasteiger charge is -2.08. The lowest BCUT2D eigenvalue weighted by molar-refractivity contribution is -0.385. The first kappa shape index (κ1) is 12.5. The molecule has 2 rings (SSSR count). The van der Waals surface area contributed by atoms with Gasteiger partial charge in [0.2, 0.25) is 0 Å². The number of pyridine rings is 1. The summed E-state index contributed by atoms with van der Waals surface area (Å²) in [5.41, 5.74) is 1.62. The maximum absolute atomic E-state index is 10.9. The van der Waals surface area contributed by atoms with Crippen molar-refractivity contribution in [2.75, 3.05) is 5.32 Å². The van der Waals surface area contributed by atoms with Gasteiger partial charge in [0.25, 0.3) is 5.69 Å². The van der Waals surface area contributed by atoms with Crippen LogP contribution in [-0.2, 0) is 6.54 Å². The van der Waals surface area contributed by atoms with E-state index in [-0.39, 0.29) is 10.6 Å². The molecule has 0 saturated heterocycles. The van der Waals surface area contributed by atoms with Crippen molar-refractivity contribution in [2.24, 2.45) is 0 Å². The first-order chi connectivity index (χ1) is 8.68. The number of hydrogen-bond acceptors (Lipinski definition) is 4. The Kier molecular flexibility index (Phi) is 3.88. The fraction of sp³-hybridized carbons (Fsp3) is 0.0833. The standard InChI is InChI=1S/C12H10BrN3O2/c13-10-8-14-6-5-11(10)15-7-9-3-1-2-4-12(9)16(17)18/h1-6,8H,7H2,(H,14,15). The van der Waals surface area contributed by atoms with Crippen molar-refractivity contribution < 1.29 is 4.92 Å². The summed E-state index contributed by atoms with van der Waals surface area (Å²) in [7, 11) is 0. The molecule has 0 aliphatic rings. The number of benzene rings is 1. The molecular weight excluding hydrogens is 298 g/mol. The third kappa shape index (κ3) is 2.84. The highest BCUT2D eigenvalue weighted by molar-refractivity contribution is 9.10. The number of nitro groups is 1. The van der Waals surface area contributed by atoms with Gasteiger partial charge in [-0.15, -0.1) is 0 Å². The Labute approximate surface area is 112 Å². The smallest absolute Gasteiger partial charge is 0.274 e. The maximum Gasteiger partial charge on any atom is 0.274 e. The van der Waals surface area contributed by atoms with Gasteiger partial charge in [-0.1, -0.05) is 18.2 Å². The number of rotatable bonds is 4. The molecule has 0 atom stereocenters. The van der Waals surface area contributed by atoms with Gasteiger partial charge in [0.1, 0.15) is 0 Å². The van der Waals surface area contributed by atoms with Crippen LogP contribution in [0.3, 0.4) is 0 Å². The summed E-state index contributed by atoms with van der Waals surface area (Å²) in [5.74, 6) is 0. The summed E-state index contributed by atoms with van der Waals surface area (Å²) in [6, 6.07) is 8.48. The first-order valence-electron chi connectivity index (χ1n) is 5.24. The molecule has 6 heteroatoms. The molecule has 18 heavy (non-hydrogen) atoms. The molecule has 5 nitrogen and oxygen atoms in total. The van der Waals surface area contributed by atoms with Crippen molar-refractivity contribution >= 4 is 27.3 Å². The largest absolute Gasteiger partial charge is 0.380 e. The zero-order valence-electron chi connectivity index (χ0n) is 9.34. The number of hydrogen-bond donors (Lipinski definition) is 1. The highest BCUT2D eigenvalue weighted by atomic mass is 79.9. The van der Waals surface area contributed by atoms with Gasteiger partial charge in [0.05, 0.1) is 15.1 Å². The van der Waals surface area contributed by atoms with E-state index >= 15 is 0 Å². The second-order valence-electron chi connectivity index (χ2n) is 3.59. The van der Waals surface area contributed by atoms with Gasteiger partial charge in [-0.05, 0) is 22.0 Å². The van der Waals surface area contributed by atoms with Crippen molar-refractivity contribution in [3.8, 4) is 0 Å². The summed E-state index contributed by atoms with van der Waals surface area (Å²) in [5, 5.41) is 14.0. The number of anilines is 1. The van der Waals surface area contributed by atoms with Crippen LogP contribution in [-0.4, -0.2) is 9.91 Å². The van der Waals surface area contributed by atoms with E-state index in [9.17, 15) is 10.1 Å². The van der Waals surface area contributed by atoms with Gasteiger partial charge in [-0.25, -0.2) is 0 Å². The van der Waals surface area contributed by atoms with Crippen molar-refractivity contribution in [2.45, 2.75) is 6.54 Å². The molecule has 1 heterocycles. The molecule has 0 bridgehead atoms. The quantitative estimate of drug-likeness (QED) is 0.694. The van der Waals surface area contributed by atoms with Gasteiger partial charge in [-0.2, -0.15) is 0 Å². The summed E-state index contributed by atoms with van der Waals surface area (Å²) in [6.07, 6.45) is 3.33. The van der Waals surface area contributed by atoms with E-state index in [0.29, 0.717) is 12.1 Å². The second kappa shape index (κ2) is 5.59. The maximum atomic E-state index is 10.9. The van der Waals surface area contributed by atoms with Crippen LogP contribution >= 0.6 is 15.9 Å². The molecule has 0 amide bonds. The zero-order chi connectivity index (χ0) is 13.0. The third-order valence-electron chi connectivity index (χ3n) is 2.43. The van der Waals surface area contributed by atoms with Gasteiger partial charge < -0.3 is 5.32 Å². The lowest BCUT2D eigenvalue weighted by Crippen LogP contribution is -2.03. The first-order valence-corrected chi connectivity index (χ1v) is 6.03. The van der Waals surface area contributed by atoms with Crippen LogP contribution in [0.4, 0.5) is 11.4 Å². The molecule has 0 fully saturated rings. The van der Waals surface area contributed by atoms with E-state index in [4.69, 9.17) is 0 Å². The highest BCUT2D eigenvalue weighted by Gasteiger charge is 2.11. The van der Waals surface area contributed by atoms with Crippen molar-refractivity contribution in [1.29, 1.82) is 0 Å². The molecule has 2 aromatic rings. The van der Waals surface area contributed by atoms with Crippen molar-refractivity contribution in [3.05, 3.63) is 62.9 Å². The van der Waals surface area contributed by atoms with E-state index in [1.807, 2.05) is 0 Å². The third-order valence-corrected chi connectivity index (χ3v) is 3.06. The number of para-hydroxylation sites is 1. The summed E-state index contributed by atoms with van der Waals surface area (Å²) < 4.78 is 0.823. The highest BCUT2D eigenvalue weighted by Crippen LogP contribution is 2.23. The average Bonchev–Trinajstić information content (AvgIpc) is 2.38.